The predicted molar refractivity (Wildman–Crippen MR) is 68.0 cm³/mol. The number of hydrogen-bond acceptors (Lipinski definition) is 4. The number of benzene rings is 1. The van der Waals surface area contributed by atoms with Crippen LogP contribution in [0.4, 0.5) is 4.39 Å². The molecule has 0 unspecified atom stereocenters. The van der Waals surface area contributed by atoms with Gasteiger partial charge in [-0.2, -0.15) is 0 Å². The van der Waals surface area contributed by atoms with E-state index in [0.717, 1.165) is 11.3 Å². The van der Waals surface area contributed by atoms with E-state index < -0.39 is 0 Å². The molecule has 94 valence electrons. The summed E-state index contributed by atoms with van der Waals surface area (Å²) in [4.78, 5) is 15.5. The smallest absolute Gasteiger partial charge is 0.312 e. The fourth-order valence-electron chi connectivity index (χ4n) is 1.52. The van der Waals surface area contributed by atoms with Gasteiger partial charge in [0.2, 0.25) is 0 Å². The molecule has 18 heavy (non-hydrogen) atoms. The van der Waals surface area contributed by atoms with Crippen molar-refractivity contribution in [2.24, 2.45) is 0 Å². The van der Waals surface area contributed by atoms with Crippen LogP contribution >= 0.6 is 11.3 Å². The van der Waals surface area contributed by atoms with Crippen LogP contribution < -0.4 is 0 Å². The summed E-state index contributed by atoms with van der Waals surface area (Å²) >= 11 is 1.39. The van der Waals surface area contributed by atoms with Crippen LogP contribution in [-0.2, 0) is 16.0 Å². The number of thiazole rings is 1. The second kappa shape index (κ2) is 5.27. The van der Waals surface area contributed by atoms with E-state index in [1.165, 1.54) is 24.5 Å². The molecule has 0 fully saturated rings. The van der Waals surface area contributed by atoms with Gasteiger partial charge in [0.15, 0.2) is 0 Å². The van der Waals surface area contributed by atoms with Crippen molar-refractivity contribution >= 4 is 17.3 Å². The van der Waals surface area contributed by atoms with Crippen molar-refractivity contribution in [2.45, 2.75) is 13.3 Å². The maximum absolute atomic E-state index is 13.2. The van der Waals surface area contributed by atoms with E-state index in [4.69, 9.17) is 0 Å². The molecule has 1 heterocycles. The van der Waals surface area contributed by atoms with Crippen LogP contribution in [-0.4, -0.2) is 18.1 Å². The third kappa shape index (κ3) is 2.73. The summed E-state index contributed by atoms with van der Waals surface area (Å²) in [6.07, 6.45) is 0.168. The van der Waals surface area contributed by atoms with Gasteiger partial charge in [-0.1, -0.05) is 0 Å². The molecule has 0 N–H and O–H groups in total. The Kier molecular flexibility index (Phi) is 3.72. The molecule has 1 aromatic heterocycles. The minimum Gasteiger partial charge on any atom is -0.469 e. The summed E-state index contributed by atoms with van der Waals surface area (Å²) in [6.45, 7) is 1.71. The first-order chi connectivity index (χ1) is 8.60. The van der Waals surface area contributed by atoms with Gasteiger partial charge in [-0.3, -0.25) is 4.79 Å². The van der Waals surface area contributed by atoms with Crippen molar-refractivity contribution < 1.29 is 13.9 Å². The Balaban J connectivity index is 2.23. The monoisotopic (exact) mass is 265 g/mol. The lowest BCUT2D eigenvalue weighted by Gasteiger charge is -2.00. The molecule has 5 heteroatoms. The molecular formula is C13H12FNO2S. The molecule has 0 aliphatic heterocycles. The van der Waals surface area contributed by atoms with E-state index in [9.17, 15) is 9.18 Å². The standard InChI is InChI=1S/C13H12FNO2S/c1-8-5-9(3-4-10(8)14)11-7-18-12(15-11)6-13(16)17-2/h3-5,7H,6H2,1-2H3. The number of hydrogen-bond donors (Lipinski definition) is 0. The molecule has 0 saturated carbocycles. The molecule has 0 bridgehead atoms. The van der Waals surface area contributed by atoms with E-state index in [1.54, 1.807) is 19.1 Å². The van der Waals surface area contributed by atoms with Crippen molar-refractivity contribution in [3.05, 3.63) is 40.0 Å². The zero-order chi connectivity index (χ0) is 13.1. The third-order valence-electron chi connectivity index (χ3n) is 2.53. The second-order valence-electron chi connectivity index (χ2n) is 3.84. The SMILES string of the molecule is COC(=O)Cc1nc(-c2ccc(F)c(C)c2)cs1. The molecule has 1 aromatic carbocycles. The van der Waals surface area contributed by atoms with E-state index in [1.807, 2.05) is 5.38 Å². The molecule has 3 nitrogen and oxygen atoms in total. The lowest BCUT2D eigenvalue weighted by molar-refractivity contribution is -0.139. The van der Waals surface area contributed by atoms with E-state index in [2.05, 4.69) is 9.72 Å². The van der Waals surface area contributed by atoms with Gasteiger partial charge in [0.1, 0.15) is 10.8 Å². The summed E-state index contributed by atoms with van der Waals surface area (Å²) in [7, 11) is 1.35. The molecule has 2 rings (SSSR count). The molecule has 0 aliphatic carbocycles. The average molecular weight is 265 g/mol. The minimum absolute atomic E-state index is 0.168. The van der Waals surface area contributed by atoms with E-state index in [-0.39, 0.29) is 18.2 Å². The van der Waals surface area contributed by atoms with Gasteiger partial charge in [0.05, 0.1) is 19.2 Å². The van der Waals surface area contributed by atoms with Crippen LogP contribution in [0, 0.1) is 12.7 Å². The number of carbonyl (C=O) groups is 1. The zero-order valence-corrected chi connectivity index (χ0v) is 10.9. The van der Waals surface area contributed by atoms with Crippen LogP contribution in [0.2, 0.25) is 0 Å². The van der Waals surface area contributed by atoms with Gasteiger partial charge in [-0.25, -0.2) is 9.37 Å². The normalized spacial score (nSPS) is 10.4. The van der Waals surface area contributed by atoms with Crippen molar-refractivity contribution in [1.29, 1.82) is 0 Å². The summed E-state index contributed by atoms with van der Waals surface area (Å²) in [5, 5.41) is 2.55. The van der Waals surface area contributed by atoms with Crippen molar-refractivity contribution in [3.63, 3.8) is 0 Å². The van der Waals surface area contributed by atoms with Gasteiger partial charge in [-0.15, -0.1) is 11.3 Å². The fraction of sp³-hybridized carbons (Fsp3) is 0.231. The Morgan fingerprint density at radius 2 is 2.28 bits per heavy atom. The van der Waals surface area contributed by atoms with Crippen molar-refractivity contribution in [2.75, 3.05) is 7.11 Å². The van der Waals surface area contributed by atoms with Crippen molar-refractivity contribution in [1.82, 2.24) is 4.98 Å². The van der Waals surface area contributed by atoms with E-state index >= 15 is 0 Å². The Labute approximate surface area is 108 Å². The largest absolute Gasteiger partial charge is 0.469 e. The summed E-state index contributed by atoms with van der Waals surface area (Å²) in [6, 6.07) is 4.84. The molecule has 0 saturated heterocycles. The maximum atomic E-state index is 13.2. The Morgan fingerprint density at radius 3 is 2.94 bits per heavy atom. The summed E-state index contributed by atoms with van der Waals surface area (Å²) in [5.41, 5.74) is 2.18. The number of nitrogens with zero attached hydrogens (tertiary/aromatic N) is 1. The molecule has 0 amide bonds. The summed E-state index contributed by atoms with van der Waals surface area (Å²) in [5.74, 6) is -0.546. The van der Waals surface area contributed by atoms with Gasteiger partial charge in [0.25, 0.3) is 0 Å². The number of carbonyl (C=O) groups excluding carboxylic acids is 1. The van der Waals surface area contributed by atoms with Crippen LogP contribution in [0.3, 0.4) is 0 Å². The first-order valence-electron chi connectivity index (χ1n) is 5.38. The first kappa shape index (κ1) is 12.7. The number of rotatable bonds is 3. The topological polar surface area (TPSA) is 39.2 Å². The number of aryl methyl sites for hydroxylation is 1. The molecule has 0 spiro atoms. The van der Waals surface area contributed by atoms with Gasteiger partial charge >= 0.3 is 5.97 Å². The number of esters is 1. The maximum Gasteiger partial charge on any atom is 0.312 e. The first-order valence-corrected chi connectivity index (χ1v) is 6.26. The Morgan fingerprint density at radius 1 is 1.50 bits per heavy atom. The third-order valence-corrected chi connectivity index (χ3v) is 3.38. The number of ether oxygens (including phenoxy) is 1. The lowest BCUT2D eigenvalue weighted by atomic mass is 10.1. The average Bonchev–Trinajstić information content (AvgIpc) is 2.81. The summed E-state index contributed by atoms with van der Waals surface area (Å²) < 4.78 is 17.7. The second-order valence-corrected chi connectivity index (χ2v) is 4.79. The Bertz CT molecular complexity index is 580. The fourth-order valence-corrected chi connectivity index (χ4v) is 2.31. The zero-order valence-electron chi connectivity index (χ0n) is 10.1. The molecule has 2 aromatic rings. The Hall–Kier alpha value is -1.75. The van der Waals surface area contributed by atoms with Crippen LogP contribution in [0.5, 0.6) is 0 Å². The highest BCUT2D eigenvalue weighted by atomic mass is 32.1. The molecular weight excluding hydrogens is 253 g/mol. The van der Waals surface area contributed by atoms with Crippen LogP contribution in [0.1, 0.15) is 10.6 Å². The number of halogens is 1. The number of aromatic nitrogens is 1. The highest BCUT2D eigenvalue weighted by Gasteiger charge is 2.09. The van der Waals surface area contributed by atoms with Gasteiger partial charge in [0, 0.05) is 10.9 Å². The van der Waals surface area contributed by atoms with Crippen LogP contribution in [0.15, 0.2) is 23.6 Å². The quantitative estimate of drug-likeness (QED) is 0.801. The highest BCUT2D eigenvalue weighted by molar-refractivity contribution is 7.10. The molecule has 0 atom stereocenters. The van der Waals surface area contributed by atoms with Crippen LogP contribution in [0.25, 0.3) is 11.3 Å². The highest BCUT2D eigenvalue weighted by Crippen LogP contribution is 2.24. The van der Waals surface area contributed by atoms with Gasteiger partial charge in [-0.05, 0) is 30.7 Å². The molecule has 0 radical (unpaired) electrons. The van der Waals surface area contributed by atoms with Gasteiger partial charge < -0.3 is 4.74 Å². The van der Waals surface area contributed by atoms with E-state index in [0.29, 0.717) is 10.6 Å². The number of methoxy groups -OCH3 is 1. The molecule has 0 aliphatic rings. The predicted octanol–water partition coefficient (Wildman–Crippen LogP) is 2.97. The lowest BCUT2D eigenvalue weighted by Crippen LogP contribution is -2.03. The van der Waals surface area contributed by atoms with Crippen molar-refractivity contribution in [3.8, 4) is 11.3 Å². The minimum atomic E-state index is -0.314.